The third-order valence-electron chi connectivity index (χ3n) is 3.44. The van der Waals surface area contributed by atoms with Crippen LogP contribution in [0.15, 0.2) is 24.3 Å². The van der Waals surface area contributed by atoms with Crippen molar-refractivity contribution in [1.82, 2.24) is 5.32 Å². The highest BCUT2D eigenvalue weighted by molar-refractivity contribution is 5.78. The summed E-state index contributed by atoms with van der Waals surface area (Å²) in [6.07, 6.45) is 0.752. The Morgan fingerprint density at radius 1 is 1.40 bits per heavy atom. The Kier molecular flexibility index (Phi) is 6.45. The van der Waals surface area contributed by atoms with Crippen LogP contribution in [0.2, 0.25) is 0 Å². The molecular weight excluding hydrogens is 257 g/mol. The Labute approximate surface area is 120 Å². The fraction of sp³-hybridized carbons (Fsp3) is 0.533. The Morgan fingerprint density at radius 2 is 2.05 bits per heavy atom. The summed E-state index contributed by atoms with van der Waals surface area (Å²) in [6.45, 7) is 4.87. The van der Waals surface area contributed by atoms with E-state index in [0.29, 0.717) is 18.8 Å². The Hall–Kier alpha value is -1.62. The summed E-state index contributed by atoms with van der Waals surface area (Å²) in [7, 11) is 1.84. The van der Waals surface area contributed by atoms with Gasteiger partial charge in [0.2, 0.25) is 5.91 Å². The summed E-state index contributed by atoms with van der Waals surface area (Å²) in [5.74, 6) is -0.461. The summed E-state index contributed by atoms with van der Waals surface area (Å²) in [6, 6.07) is 6.50. The number of carbonyl (C=O) groups excluding carboxylic acids is 1. The average molecular weight is 281 g/mol. The van der Waals surface area contributed by atoms with Crippen molar-refractivity contribution in [3.05, 3.63) is 30.1 Å². The SMILES string of the molecule is CC(N)C(C)C(=O)NCCCN(C)c1ccccc1F. The van der Waals surface area contributed by atoms with Crippen LogP contribution in [0.4, 0.5) is 10.1 Å². The van der Waals surface area contributed by atoms with Crippen LogP contribution in [0.5, 0.6) is 0 Å². The van der Waals surface area contributed by atoms with Gasteiger partial charge in [0.25, 0.3) is 0 Å². The van der Waals surface area contributed by atoms with E-state index in [2.05, 4.69) is 5.32 Å². The zero-order valence-electron chi connectivity index (χ0n) is 12.4. The number of anilines is 1. The standard InChI is InChI=1S/C15H24FN3O/c1-11(12(2)17)15(20)18-9-6-10-19(3)14-8-5-4-7-13(14)16/h4-5,7-8,11-12H,6,9-10,17H2,1-3H3,(H,18,20). The smallest absolute Gasteiger partial charge is 0.224 e. The highest BCUT2D eigenvalue weighted by Crippen LogP contribution is 2.16. The first-order valence-corrected chi connectivity index (χ1v) is 6.92. The van der Waals surface area contributed by atoms with Crippen molar-refractivity contribution in [2.45, 2.75) is 26.3 Å². The number of para-hydroxylation sites is 1. The maximum absolute atomic E-state index is 13.5. The molecule has 0 spiro atoms. The van der Waals surface area contributed by atoms with E-state index in [0.717, 1.165) is 6.42 Å². The van der Waals surface area contributed by atoms with Gasteiger partial charge in [-0.25, -0.2) is 4.39 Å². The second-order valence-electron chi connectivity index (χ2n) is 5.17. The number of amides is 1. The summed E-state index contributed by atoms with van der Waals surface area (Å²) in [5.41, 5.74) is 6.24. The zero-order chi connectivity index (χ0) is 15.1. The average Bonchev–Trinajstić information content (AvgIpc) is 2.42. The quantitative estimate of drug-likeness (QED) is 0.749. The summed E-state index contributed by atoms with van der Waals surface area (Å²) in [4.78, 5) is 13.5. The molecule has 0 aliphatic rings. The molecule has 0 heterocycles. The molecule has 0 bridgehead atoms. The molecule has 0 aliphatic heterocycles. The number of rotatable bonds is 7. The molecule has 1 aromatic carbocycles. The van der Waals surface area contributed by atoms with Crippen LogP contribution in [0.1, 0.15) is 20.3 Å². The normalized spacial score (nSPS) is 13.7. The molecule has 2 atom stereocenters. The molecule has 0 aromatic heterocycles. The minimum Gasteiger partial charge on any atom is -0.372 e. The van der Waals surface area contributed by atoms with Crippen LogP contribution in [0, 0.1) is 11.7 Å². The van der Waals surface area contributed by atoms with Crippen molar-refractivity contribution in [1.29, 1.82) is 0 Å². The van der Waals surface area contributed by atoms with Crippen LogP contribution in [0.25, 0.3) is 0 Å². The van der Waals surface area contributed by atoms with Gasteiger partial charge in [0.05, 0.1) is 5.69 Å². The predicted octanol–water partition coefficient (Wildman–Crippen LogP) is 1.75. The molecule has 1 amide bonds. The van der Waals surface area contributed by atoms with E-state index in [-0.39, 0.29) is 23.7 Å². The van der Waals surface area contributed by atoms with Crippen molar-refractivity contribution in [3.8, 4) is 0 Å². The fourth-order valence-electron chi connectivity index (χ4n) is 1.81. The van der Waals surface area contributed by atoms with Crippen LogP contribution in [-0.2, 0) is 4.79 Å². The van der Waals surface area contributed by atoms with E-state index in [9.17, 15) is 9.18 Å². The number of nitrogens with zero attached hydrogens (tertiary/aromatic N) is 1. The van der Waals surface area contributed by atoms with Crippen molar-refractivity contribution in [3.63, 3.8) is 0 Å². The molecular formula is C15H24FN3O. The highest BCUT2D eigenvalue weighted by atomic mass is 19.1. The lowest BCUT2D eigenvalue weighted by atomic mass is 10.0. The Bertz CT molecular complexity index is 437. The monoisotopic (exact) mass is 281 g/mol. The van der Waals surface area contributed by atoms with Gasteiger partial charge in [-0.1, -0.05) is 19.1 Å². The van der Waals surface area contributed by atoms with Crippen LogP contribution in [0.3, 0.4) is 0 Å². The fourth-order valence-corrected chi connectivity index (χ4v) is 1.81. The molecule has 0 saturated carbocycles. The zero-order valence-corrected chi connectivity index (χ0v) is 12.4. The lowest BCUT2D eigenvalue weighted by molar-refractivity contribution is -0.124. The van der Waals surface area contributed by atoms with Gasteiger partial charge in [0.1, 0.15) is 5.82 Å². The molecule has 1 aromatic rings. The third-order valence-corrected chi connectivity index (χ3v) is 3.44. The molecule has 2 unspecified atom stereocenters. The van der Waals surface area contributed by atoms with E-state index in [1.165, 1.54) is 6.07 Å². The number of nitrogens with two attached hydrogens (primary N) is 1. The third kappa shape index (κ3) is 4.81. The Balaban J connectivity index is 2.31. The molecule has 0 radical (unpaired) electrons. The first-order valence-electron chi connectivity index (χ1n) is 6.92. The van der Waals surface area contributed by atoms with Crippen LogP contribution in [-0.4, -0.2) is 32.1 Å². The molecule has 20 heavy (non-hydrogen) atoms. The van der Waals surface area contributed by atoms with Gasteiger partial charge in [-0.05, 0) is 25.5 Å². The molecule has 5 heteroatoms. The number of benzene rings is 1. The predicted molar refractivity (Wildman–Crippen MR) is 80.1 cm³/mol. The van der Waals surface area contributed by atoms with Gasteiger partial charge in [0.15, 0.2) is 0 Å². The van der Waals surface area contributed by atoms with E-state index in [1.807, 2.05) is 25.8 Å². The second-order valence-corrected chi connectivity index (χ2v) is 5.17. The Morgan fingerprint density at radius 3 is 2.65 bits per heavy atom. The van der Waals surface area contributed by atoms with Gasteiger partial charge in [-0.3, -0.25) is 4.79 Å². The number of hydrogen-bond acceptors (Lipinski definition) is 3. The maximum atomic E-state index is 13.5. The number of halogens is 1. The molecule has 0 saturated heterocycles. The second kappa shape index (κ2) is 7.85. The van der Waals surface area contributed by atoms with E-state index in [1.54, 1.807) is 18.2 Å². The lowest BCUT2D eigenvalue weighted by Gasteiger charge is -2.20. The topological polar surface area (TPSA) is 58.4 Å². The van der Waals surface area contributed by atoms with Crippen molar-refractivity contribution in [2.24, 2.45) is 11.7 Å². The van der Waals surface area contributed by atoms with Crippen LogP contribution >= 0.6 is 0 Å². The molecule has 112 valence electrons. The summed E-state index contributed by atoms with van der Waals surface area (Å²) in [5, 5.41) is 2.85. The van der Waals surface area contributed by atoms with Gasteiger partial charge in [0, 0.05) is 32.1 Å². The van der Waals surface area contributed by atoms with E-state index >= 15 is 0 Å². The highest BCUT2D eigenvalue weighted by Gasteiger charge is 2.16. The molecule has 0 fully saturated rings. The molecule has 4 nitrogen and oxygen atoms in total. The largest absolute Gasteiger partial charge is 0.372 e. The minimum atomic E-state index is -0.232. The van der Waals surface area contributed by atoms with Crippen molar-refractivity contribution >= 4 is 11.6 Å². The summed E-state index contributed by atoms with van der Waals surface area (Å²) < 4.78 is 13.5. The van der Waals surface area contributed by atoms with Crippen molar-refractivity contribution < 1.29 is 9.18 Å². The first-order chi connectivity index (χ1) is 9.43. The molecule has 3 N–H and O–H groups in total. The summed E-state index contributed by atoms with van der Waals surface area (Å²) >= 11 is 0. The maximum Gasteiger partial charge on any atom is 0.224 e. The van der Waals surface area contributed by atoms with Gasteiger partial charge in [-0.15, -0.1) is 0 Å². The first kappa shape index (κ1) is 16.4. The van der Waals surface area contributed by atoms with E-state index in [4.69, 9.17) is 5.73 Å². The van der Waals surface area contributed by atoms with Gasteiger partial charge < -0.3 is 16.0 Å². The van der Waals surface area contributed by atoms with Crippen molar-refractivity contribution in [2.75, 3.05) is 25.0 Å². The minimum absolute atomic E-state index is 0.0338. The number of hydrogen-bond donors (Lipinski definition) is 2. The molecule has 0 aliphatic carbocycles. The number of nitrogens with one attached hydrogen (secondary N) is 1. The number of carbonyl (C=O) groups is 1. The molecule has 1 rings (SSSR count). The lowest BCUT2D eigenvalue weighted by Crippen LogP contribution is -2.39. The van der Waals surface area contributed by atoms with Gasteiger partial charge >= 0.3 is 0 Å². The van der Waals surface area contributed by atoms with Gasteiger partial charge in [-0.2, -0.15) is 0 Å². The van der Waals surface area contributed by atoms with Crippen LogP contribution < -0.4 is 16.0 Å². The van der Waals surface area contributed by atoms with E-state index < -0.39 is 0 Å².